The molecule has 2 rings (SSSR count). The molecule has 0 atom stereocenters. The zero-order chi connectivity index (χ0) is 14.8. The van der Waals surface area contributed by atoms with Crippen molar-refractivity contribution < 1.29 is 17.2 Å². The molecule has 0 unspecified atom stereocenters. The van der Waals surface area contributed by atoms with Crippen molar-refractivity contribution in [3.63, 3.8) is 0 Å². The van der Waals surface area contributed by atoms with Crippen molar-refractivity contribution in [1.82, 2.24) is 0 Å². The molecule has 0 saturated heterocycles. The Morgan fingerprint density at radius 2 is 1.40 bits per heavy atom. The summed E-state index contributed by atoms with van der Waals surface area (Å²) in [6, 6.07) is 9.83. The Labute approximate surface area is 115 Å². The summed E-state index contributed by atoms with van der Waals surface area (Å²) in [4.78, 5) is 0. The van der Waals surface area contributed by atoms with Gasteiger partial charge in [-0.2, -0.15) is 0 Å². The second kappa shape index (κ2) is 5.46. The number of anilines is 3. The van der Waals surface area contributed by atoms with Gasteiger partial charge in [-0.25, -0.2) is 17.2 Å². The first kappa shape index (κ1) is 14.3. The number of benzene rings is 2. The standard InChI is InChI=1S/C13H12F2N2O2S/c1-20(18,19)17-10-4-2-9(3-5-10)16-11-6-7-12(14)13(15)8-11/h2-8,16-17H,1H3. The monoisotopic (exact) mass is 298 g/mol. The van der Waals surface area contributed by atoms with Crippen molar-refractivity contribution in [2.45, 2.75) is 0 Å². The summed E-state index contributed by atoms with van der Waals surface area (Å²) in [5.41, 5.74) is 1.44. The van der Waals surface area contributed by atoms with E-state index in [2.05, 4.69) is 10.0 Å². The molecule has 0 aliphatic heterocycles. The largest absolute Gasteiger partial charge is 0.355 e. The Hall–Kier alpha value is -2.15. The smallest absolute Gasteiger partial charge is 0.229 e. The lowest BCUT2D eigenvalue weighted by atomic mass is 10.2. The van der Waals surface area contributed by atoms with E-state index in [9.17, 15) is 17.2 Å². The van der Waals surface area contributed by atoms with Gasteiger partial charge in [0.15, 0.2) is 11.6 Å². The fraction of sp³-hybridized carbons (Fsp3) is 0.0769. The van der Waals surface area contributed by atoms with Crippen LogP contribution in [0.3, 0.4) is 0 Å². The quantitative estimate of drug-likeness (QED) is 0.912. The maximum absolute atomic E-state index is 13.0. The van der Waals surface area contributed by atoms with E-state index in [1.165, 1.54) is 6.07 Å². The molecule has 0 saturated carbocycles. The Morgan fingerprint density at radius 3 is 1.95 bits per heavy atom. The number of nitrogens with one attached hydrogen (secondary N) is 2. The van der Waals surface area contributed by atoms with Gasteiger partial charge in [0.1, 0.15) is 0 Å². The van der Waals surface area contributed by atoms with Crippen LogP contribution in [0.15, 0.2) is 42.5 Å². The molecule has 0 fully saturated rings. The van der Waals surface area contributed by atoms with Gasteiger partial charge in [0.05, 0.1) is 6.26 Å². The van der Waals surface area contributed by atoms with Crippen LogP contribution in [0.5, 0.6) is 0 Å². The van der Waals surface area contributed by atoms with Crippen molar-refractivity contribution in [1.29, 1.82) is 0 Å². The third kappa shape index (κ3) is 3.92. The van der Waals surface area contributed by atoms with E-state index >= 15 is 0 Å². The molecule has 0 aliphatic rings. The van der Waals surface area contributed by atoms with Crippen LogP contribution < -0.4 is 10.0 Å². The van der Waals surface area contributed by atoms with Gasteiger partial charge in [0, 0.05) is 23.1 Å². The molecule has 4 nitrogen and oxygen atoms in total. The zero-order valence-electron chi connectivity index (χ0n) is 10.5. The lowest BCUT2D eigenvalue weighted by Gasteiger charge is -2.08. The molecular weight excluding hydrogens is 286 g/mol. The highest BCUT2D eigenvalue weighted by Gasteiger charge is 2.04. The van der Waals surface area contributed by atoms with Gasteiger partial charge in [-0.3, -0.25) is 4.72 Å². The van der Waals surface area contributed by atoms with Crippen LogP contribution in [0.1, 0.15) is 0 Å². The molecule has 7 heteroatoms. The van der Waals surface area contributed by atoms with Crippen molar-refractivity contribution in [3.8, 4) is 0 Å². The maximum Gasteiger partial charge on any atom is 0.229 e. The summed E-state index contributed by atoms with van der Waals surface area (Å²) >= 11 is 0. The van der Waals surface area contributed by atoms with E-state index in [0.29, 0.717) is 17.1 Å². The van der Waals surface area contributed by atoms with E-state index < -0.39 is 21.7 Å². The third-order valence-electron chi connectivity index (χ3n) is 2.40. The highest BCUT2D eigenvalue weighted by Crippen LogP contribution is 2.20. The number of rotatable bonds is 4. The summed E-state index contributed by atoms with van der Waals surface area (Å²) in [6.07, 6.45) is 1.06. The average molecular weight is 298 g/mol. The van der Waals surface area contributed by atoms with Gasteiger partial charge in [0.2, 0.25) is 10.0 Å². The second-order valence-corrected chi connectivity index (χ2v) is 5.95. The highest BCUT2D eigenvalue weighted by molar-refractivity contribution is 7.92. The van der Waals surface area contributed by atoms with Crippen LogP contribution in [-0.2, 0) is 10.0 Å². The van der Waals surface area contributed by atoms with Crippen LogP contribution in [0.2, 0.25) is 0 Å². The molecule has 2 aromatic rings. The van der Waals surface area contributed by atoms with Gasteiger partial charge in [-0.05, 0) is 36.4 Å². The topological polar surface area (TPSA) is 58.2 Å². The average Bonchev–Trinajstić information content (AvgIpc) is 2.35. The first-order valence-corrected chi connectivity index (χ1v) is 7.52. The first-order chi connectivity index (χ1) is 9.33. The minimum Gasteiger partial charge on any atom is -0.355 e. The molecular formula is C13H12F2N2O2S. The molecule has 0 bridgehead atoms. The van der Waals surface area contributed by atoms with Gasteiger partial charge >= 0.3 is 0 Å². The molecule has 2 N–H and O–H groups in total. The summed E-state index contributed by atoms with van der Waals surface area (Å²) in [6.45, 7) is 0. The molecule has 106 valence electrons. The van der Waals surface area contributed by atoms with E-state index in [1.807, 2.05) is 0 Å². The van der Waals surface area contributed by atoms with Gasteiger partial charge < -0.3 is 5.32 Å². The molecule has 0 heterocycles. The predicted octanol–water partition coefficient (Wildman–Crippen LogP) is 3.08. The fourth-order valence-electron chi connectivity index (χ4n) is 1.58. The van der Waals surface area contributed by atoms with E-state index in [-0.39, 0.29) is 0 Å². The van der Waals surface area contributed by atoms with Gasteiger partial charge in [0.25, 0.3) is 0 Å². The van der Waals surface area contributed by atoms with E-state index in [1.54, 1.807) is 24.3 Å². The molecule has 0 amide bonds. The first-order valence-electron chi connectivity index (χ1n) is 5.63. The Balaban J connectivity index is 2.12. The Kier molecular flexibility index (Phi) is 3.89. The maximum atomic E-state index is 13.0. The second-order valence-electron chi connectivity index (χ2n) is 4.21. The van der Waals surface area contributed by atoms with Gasteiger partial charge in [-0.15, -0.1) is 0 Å². The summed E-state index contributed by atoms with van der Waals surface area (Å²) in [5.74, 6) is -1.85. The Morgan fingerprint density at radius 1 is 0.850 bits per heavy atom. The molecule has 0 radical (unpaired) electrons. The van der Waals surface area contributed by atoms with Crippen LogP contribution in [-0.4, -0.2) is 14.7 Å². The molecule has 0 spiro atoms. The van der Waals surface area contributed by atoms with Crippen LogP contribution >= 0.6 is 0 Å². The van der Waals surface area contributed by atoms with Crippen molar-refractivity contribution >= 4 is 27.1 Å². The summed E-state index contributed by atoms with van der Waals surface area (Å²) in [7, 11) is -3.32. The number of hydrogen-bond donors (Lipinski definition) is 2. The minimum absolute atomic E-state index is 0.396. The highest BCUT2D eigenvalue weighted by atomic mass is 32.2. The van der Waals surface area contributed by atoms with Crippen molar-refractivity contribution in [3.05, 3.63) is 54.1 Å². The van der Waals surface area contributed by atoms with Crippen molar-refractivity contribution in [2.75, 3.05) is 16.3 Å². The predicted molar refractivity (Wildman–Crippen MR) is 74.5 cm³/mol. The number of sulfonamides is 1. The van der Waals surface area contributed by atoms with E-state index in [4.69, 9.17) is 0 Å². The number of hydrogen-bond acceptors (Lipinski definition) is 3. The SMILES string of the molecule is CS(=O)(=O)Nc1ccc(Nc2ccc(F)c(F)c2)cc1. The Bertz CT molecular complexity index is 716. The summed E-state index contributed by atoms with van der Waals surface area (Å²) < 4.78 is 50.2. The minimum atomic E-state index is -3.32. The summed E-state index contributed by atoms with van der Waals surface area (Å²) in [5, 5.41) is 2.88. The molecule has 0 aromatic heterocycles. The third-order valence-corrected chi connectivity index (χ3v) is 3.00. The lowest BCUT2D eigenvalue weighted by Crippen LogP contribution is -2.09. The van der Waals surface area contributed by atoms with Crippen LogP contribution in [0.25, 0.3) is 0 Å². The molecule has 20 heavy (non-hydrogen) atoms. The van der Waals surface area contributed by atoms with Crippen LogP contribution in [0, 0.1) is 11.6 Å². The van der Waals surface area contributed by atoms with Crippen molar-refractivity contribution in [2.24, 2.45) is 0 Å². The molecule has 0 aliphatic carbocycles. The molecule has 2 aromatic carbocycles. The zero-order valence-corrected chi connectivity index (χ0v) is 11.3. The van der Waals surface area contributed by atoms with Gasteiger partial charge in [-0.1, -0.05) is 0 Å². The van der Waals surface area contributed by atoms with Crippen LogP contribution in [0.4, 0.5) is 25.8 Å². The van der Waals surface area contributed by atoms with E-state index in [0.717, 1.165) is 18.4 Å². The lowest BCUT2D eigenvalue weighted by molar-refractivity contribution is 0.509. The fourth-order valence-corrected chi connectivity index (χ4v) is 2.14. The number of halogens is 2. The normalized spacial score (nSPS) is 11.2.